The van der Waals surface area contributed by atoms with Crippen molar-refractivity contribution >= 4 is 23.6 Å². The number of hydrogen-bond acceptors (Lipinski definition) is 6. The number of carbonyl (C=O) groups is 1. The molecule has 1 aromatic carbocycles. The van der Waals surface area contributed by atoms with E-state index in [9.17, 15) is 4.79 Å². The lowest BCUT2D eigenvalue weighted by Crippen LogP contribution is -2.44. The van der Waals surface area contributed by atoms with Crippen LogP contribution in [0.25, 0.3) is 0 Å². The first kappa shape index (κ1) is 22.1. The molecule has 1 aromatic heterocycles. The molecular formula is C23H33N5O2S. The van der Waals surface area contributed by atoms with Crippen molar-refractivity contribution in [3.8, 4) is 0 Å². The van der Waals surface area contributed by atoms with E-state index in [-0.39, 0.29) is 11.9 Å². The molecule has 3 atom stereocenters. The summed E-state index contributed by atoms with van der Waals surface area (Å²) in [7, 11) is 0. The molecule has 2 aromatic rings. The number of anilines is 1. The Morgan fingerprint density at radius 2 is 1.94 bits per heavy atom. The minimum atomic E-state index is 0.0816. The Kier molecular flexibility index (Phi) is 7.50. The maximum atomic E-state index is 12.7. The SMILES string of the molecule is CC1CCCC(NC(=O)CSc2nnc(N3CCOCC3)n2Cc2ccccc2)C1C. The van der Waals surface area contributed by atoms with E-state index in [1.807, 2.05) is 18.2 Å². The number of aromatic nitrogens is 3. The Labute approximate surface area is 188 Å². The highest BCUT2D eigenvalue weighted by atomic mass is 32.2. The molecule has 7 nitrogen and oxygen atoms in total. The molecule has 1 amide bonds. The largest absolute Gasteiger partial charge is 0.378 e. The van der Waals surface area contributed by atoms with Crippen LogP contribution in [0.15, 0.2) is 35.5 Å². The fourth-order valence-corrected chi connectivity index (χ4v) is 5.20. The fraction of sp³-hybridized carbons (Fsp3) is 0.609. The van der Waals surface area contributed by atoms with Crippen molar-refractivity contribution in [2.24, 2.45) is 11.8 Å². The lowest BCUT2D eigenvalue weighted by atomic mass is 9.78. The third kappa shape index (κ3) is 5.60. The second-order valence-corrected chi connectivity index (χ2v) is 9.63. The van der Waals surface area contributed by atoms with Crippen LogP contribution in [0.4, 0.5) is 5.95 Å². The molecule has 1 aliphatic carbocycles. The lowest BCUT2D eigenvalue weighted by molar-refractivity contribution is -0.120. The molecule has 1 saturated carbocycles. The zero-order chi connectivity index (χ0) is 21.6. The predicted molar refractivity (Wildman–Crippen MR) is 123 cm³/mol. The number of carbonyl (C=O) groups excluding carboxylic acids is 1. The molecule has 1 saturated heterocycles. The van der Waals surface area contributed by atoms with E-state index in [0.717, 1.165) is 30.6 Å². The Morgan fingerprint density at radius 3 is 2.71 bits per heavy atom. The van der Waals surface area contributed by atoms with Gasteiger partial charge in [0.2, 0.25) is 11.9 Å². The summed E-state index contributed by atoms with van der Waals surface area (Å²) in [4.78, 5) is 14.9. The number of morpholine rings is 1. The average Bonchev–Trinajstić information content (AvgIpc) is 3.19. The predicted octanol–water partition coefficient (Wildman–Crippen LogP) is 3.20. The first-order valence-electron chi connectivity index (χ1n) is 11.3. The van der Waals surface area contributed by atoms with Crippen LogP contribution in [-0.4, -0.2) is 58.8 Å². The minimum Gasteiger partial charge on any atom is -0.378 e. The van der Waals surface area contributed by atoms with E-state index >= 15 is 0 Å². The maximum Gasteiger partial charge on any atom is 0.230 e. The average molecular weight is 444 g/mol. The molecule has 2 fully saturated rings. The van der Waals surface area contributed by atoms with Gasteiger partial charge in [0.05, 0.1) is 25.5 Å². The van der Waals surface area contributed by atoms with Crippen molar-refractivity contribution in [1.82, 2.24) is 20.1 Å². The molecule has 31 heavy (non-hydrogen) atoms. The van der Waals surface area contributed by atoms with Crippen molar-refractivity contribution in [3.05, 3.63) is 35.9 Å². The molecule has 0 bridgehead atoms. The molecule has 8 heteroatoms. The van der Waals surface area contributed by atoms with Crippen LogP contribution >= 0.6 is 11.8 Å². The first-order valence-corrected chi connectivity index (χ1v) is 12.3. The van der Waals surface area contributed by atoms with Gasteiger partial charge in [-0.2, -0.15) is 0 Å². The van der Waals surface area contributed by atoms with Crippen LogP contribution in [0.3, 0.4) is 0 Å². The summed E-state index contributed by atoms with van der Waals surface area (Å²) < 4.78 is 7.63. The molecule has 0 spiro atoms. The molecule has 1 aliphatic heterocycles. The summed E-state index contributed by atoms with van der Waals surface area (Å²) in [5.74, 6) is 2.48. The van der Waals surface area contributed by atoms with Gasteiger partial charge < -0.3 is 15.0 Å². The number of rotatable bonds is 7. The van der Waals surface area contributed by atoms with Crippen LogP contribution in [0.1, 0.15) is 38.7 Å². The van der Waals surface area contributed by atoms with Gasteiger partial charge in [-0.05, 0) is 23.8 Å². The van der Waals surface area contributed by atoms with E-state index in [1.165, 1.54) is 30.2 Å². The topological polar surface area (TPSA) is 72.3 Å². The second kappa shape index (κ2) is 10.5. The number of ether oxygens (including phenoxy) is 1. The number of benzene rings is 1. The summed E-state index contributed by atoms with van der Waals surface area (Å²) in [6.07, 6.45) is 3.53. The van der Waals surface area contributed by atoms with Crippen LogP contribution in [-0.2, 0) is 16.1 Å². The van der Waals surface area contributed by atoms with E-state index < -0.39 is 0 Å². The van der Waals surface area contributed by atoms with Gasteiger partial charge in [0.1, 0.15) is 0 Å². The van der Waals surface area contributed by atoms with Gasteiger partial charge in [0, 0.05) is 19.1 Å². The molecular weight excluding hydrogens is 410 g/mol. The van der Waals surface area contributed by atoms with Crippen LogP contribution in [0.5, 0.6) is 0 Å². The molecule has 2 aliphatic rings. The zero-order valence-electron chi connectivity index (χ0n) is 18.5. The number of nitrogens with zero attached hydrogens (tertiary/aromatic N) is 4. The van der Waals surface area contributed by atoms with Crippen LogP contribution in [0, 0.1) is 11.8 Å². The smallest absolute Gasteiger partial charge is 0.230 e. The number of hydrogen-bond donors (Lipinski definition) is 1. The normalized spacial score (nSPS) is 24.2. The zero-order valence-corrected chi connectivity index (χ0v) is 19.3. The molecule has 1 N–H and O–H groups in total. The third-order valence-electron chi connectivity index (χ3n) is 6.56. The Morgan fingerprint density at radius 1 is 1.16 bits per heavy atom. The molecule has 4 rings (SSSR count). The number of thioether (sulfide) groups is 1. The Balaban J connectivity index is 1.44. The highest BCUT2D eigenvalue weighted by Gasteiger charge is 2.28. The summed E-state index contributed by atoms with van der Waals surface area (Å²) in [6, 6.07) is 10.6. The van der Waals surface area contributed by atoms with Gasteiger partial charge in [-0.15, -0.1) is 10.2 Å². The monoisotopic (exact) mass is 443 g/mol. The molecule has 2 heterocycles. The van der Waals surface area contributed by atoms with Gasteiger partial charge in [-0.3, -0.25) is 9.36 Å². The highest BCUT2D eigenvalue weighted by molar-refractivity contribution is 7.99. The van der Waals surface area contributed by atoms with E-state index in [4.69, 9.17) is 4.74 Å². The highest BCUT2D eigenvalue weighted by Crippen LogP contribution is 2.30. The first-order chi connectivity index (χ1) is 15.1. The number of nitrogens with one attached hydrogen (secondary N) is 1. The van der Waals surface area contributed by atoms with Crippen molar-refractivity contribution in [2.75, 3.05) is 37.0 Å². The summed E-state index contributed by atoms with van der Waals surface area (Å²) in [5, 5.41) is 13.0. The van der Waals surface area contributed by atoms with Crippen molar-refractivity contribution in [3.63, 3.8) is 0 Å². The van der Waals surface area contributed by atoms with Gasteiger partial charge in [-0.1, -0.05) is 68.8 Å². The Bertz CT molecular complexity index is 853. The van der Waals surface area contributed by atoms with E-state index in [1.54, 1.807) is 0 Å². The second-order valence-electron chi connectivity index (χ2n) is 8.68. The maximum absolute atomic E-state index is 12.7. The van der Waals surface area contributed by atoms with Crippen LogP contribution in [0.2, 0.25) is 0 Å². The van der Waals surface area contributed by atoms with Gasteiger partial charge in [-0.25, -0.2) is 0 Å². The summed E-state index contributed by atoms with van der Waals surface area (Å²) in [6.45, 7) is 8.22. The molecule has 0 radical (unpaired) electrons. The van der Waals surface area contributed by atoms with Gasteiger partial charge in [0.25, 0.3) is 0 Å². The van der Waals surface area contributed by atoms with E-state index in [2.05, 4.69) is 51.0 Å². The molecule has 168 valence electrons. The molecule has 3 unspecified atom stereocenters. The van der Waals surface area contributed by atoms with Gasteiger partial charge in [0.15, 0.2) is 5.16 Å². The standard InChI is InChI=1S/C23H33N5O2S/c1-17-7-6-10-20(18(17)2)24-21(29)16-31-23-26-25-22(27-11-13-30-14-12-27)28(23)15-19-8-4-3-5-9-19/h3-5,8-9,17-18,20H,6-7,10-16H2,1-2H3,(H,24,29). The van der Waals surface area contributed by atoms with Crippen molar-refractivity contribution in [1.29, 1.82) is 0 Å². The van der Waals surface area contributed by atoms with Crippen LogP contribution < -0.4 is 10.2 Å². The summed E-state index contributed by atoms with van der Waals surface area (Å²) >= 11 is 1.47. The minimum absolute atomic E-state index is 0.0816. The van der Waals surface area contributed by atoms with Crippen molar-refractivity contribution < 1.29 is 9.53 Å². The van der Waals surface area contributed by atoms with Crippen molar-refractivity contribution in [2.45, 2.75) is 50.9 Å². The quantitative estimate of drug-likeness (QED) is 0.663. The third-order valence-corrected chi connectivity index (χ3v) is 7.53. The lowest BCUT2D eigenvalue weighted by Gasteiger charge is -2.34. The number of amides is 1. The summed E-state index contributed by atoms with van der Waals surface area (Å²) in [5.41, 5.74) is 1.19. The Hall–Kier alpha value is -2.06. The van der Waals surface area contributed by atoms with E-state index in [0.29, 0.717) is 37.3 Å². The van der Waals surface area contributed by atoms with Gasteiger partial charge >= 0.3 is 0 Å². The fourth-order valence-electron chi connectivity index (χ4n) is 4.45.